The lowest BCUT2D eigenvalue weighted by atomic mass is 10.0. The van der Waals surface area contributed by atoms with Crippen LogP contribution in [-0.4, -0.2) is 37.2 Å². The van der Waals surface area contributed by atoms with Gasteiger partial charge in [0.15, 0.2) is 6.10 Å². The van der Waals surface area contributed by atoms with Gasteiger partial charge in [-0.05, 0) is 51.4 Å². The minimum absolute atomic E-state index is 0.0683. The molecule has 0 aromatic rings. The largest absolute Gasteiger partial charge is 0.462 e. The molecule has 430 valence electrons. The van der Waals surface area contributed by atoms with Gasteiger partial charge in [0, 0.05) is 19.3 Å². The zero-order valence-electron chi connectivity index (χ0n) is 49.4. The number of ether oxygens (including phenoxy) is 3. The fraction of sp³-hybridized carbons (Fsp3) is 0.896. The lowest BCUT2D eigenvalue weighted by Crippen LogP contribution is -2.30. The molecule has 0 aromatic heterocycles. The van der Waals surface area contributed by atoms with Gasteiger partial charge in [0.1, 0.15) is 13.2 Å². The van der Waals surface area contributed by atoms with Crippen molar-refractivity contribution in [1.82, 2.24) is 0 Å². The van der Waals surface area contributed by atoms with Crippen LogP contribution in [0.4, 0.5) is 0 Å². The van der Waals surface area contributed by atoms with Gasteiger partial charge < -0.3 is 14.2 Å². The van der Waals surface area contributed by atoms with Crippen LogP contribution in [0, 0.1) is 0 Å². The molecule has 6 nitrogen and oxygen atoms in total. The Morgan fingerprint density at radius 3 is 0.767 bits per heavy atom. The molecule has 0 bridgehead atoms. The Morgan fingerprint density at radius 1 is 0.274 bits per heavy atom. The molecule has 0 saturated heterocycles. The van der Waals surface area contributed by atoms with Crippen molar-refractivity contribution in [2.45, 2.75) is 374 Å². The molecule has 0 aliphatic heterocycles. The average molecular weight is 1030 g/mol. The van der Waals surface area contributed by atoms with Crippen LogP contribution in [0.25, 0.3) is 0 Å². The lowest BCUT2D eigenvalue weighted by Gasteiger charge is -2.18. The molecule has 0 amide bonds. The molecule has 0 heterocycles. The van der Waals surface area contributed by atoms with E-state index in [1.54, 1.807) is 0 Å². The first-order chi connectivity index (χ1) is 36.0. The van der Waals surface area contributed by atoms with E-state index in [1.807, 2.05) is 0 Å². The Labute approximate surface area is 455 Å². The second kappa shape index (κ2) is 62.4. The Balaban J connectivity index is 4.30. The molecule has 0 N–H and O–H groups in total. The van der Waals surface area contributed by atoms with E-state index in [0.717, 1.165) is 70.6 Å². The smallest absolute Gasteiger partial charge is 0.306 e. The quantitative estimate of drug-likeness (QED) is 0.0261. The second-order valence-electron chi connectivity index (χ2n) is 22.4. The lowest BCUT2D eigenvalue weighted by molar-refractivity contribution is -0.167. The highest BCUT2D eigenvalue weighted by Gasteiger charge is 2.19. The number of carbonyl (C=O) groups excluding carboxylic acids is 3. The maximum Gasteiger partial charge on any atom is 0.306 e. The predicted molar refractivity (Wildman–Crippen MR) is 316 cm³/mol. The highest BCUT2D eigenvalue weighted by molar-refractivity contribution is 5.71. The van der Waals surface area contributed by atoms with Crippen LogP contribution in [0.5, 0.6) is 0 Å². The van der Waals surface area contributed by atoms with Crippen LogP contribution in [0.2, 0.25) is 0 Å². The molecule has 1 atom stereocenters. The highest BCUT2D eigenvalue weighted by atomic mass is 16.6. The van der Waals surface area contributed by atoms with E-state index < -0.39 is 6.10 Å². The topological polar surface area (TPSA) is 78.9 Å². The van der Waals surface area contributed by atoms with E-state index in [4.69, 9.17) is 14.2 Å². The number of hydrogen-bond acceptors (Lipinski definition) is 6. The highest BCUT2D eigenvalue weighted by Crippen LogP contribution is 2.18. The number of unbranched alkanes of at least 4 members (excludes halogenated alkanes) is 46. The predicted octanol–water partition coefficient (Wildman–Crippen LogP) is 22.2. The first-order valence-corrected chi connectivity index (χ1v) is 32.8. The van der Waals surface area contributed by atoms with Crippen molar-refractivity contribution in [2.24, 2.45) is 0 Å². The van der Waals surface area contributed by atoms with Crippen LogP contribution < -0.4 is 0 Å². The molecule has 0 radical (unpaired) electrons. The fourth-order valence-corrected chi connectivity index (χ4v) is 10.0. The van der Waals surface area contributed by atoms with Crippen molar-refractivity contribution >= 4 is 17.9 Å². The summed E-state index contributed by atoms with van der Waals surface area (Å²) >= 11 is 0. The Hall–Kier alpha value is -2.11. The fourth-order valence-electron chi connectivity index (χ4n) is 10.0. The van der Waals surface area contributed by atoms with E-state index >= 15 is 0 Å². The summed E-state index contributed by atoms with van der Waals surface area (Å²) in [4.78, 5) is 38.3. The van der Waals surface area contributed by atoms with Crippen LogP contribution >= 0.6 is 0 Å². The molecule has 0 aromatic carbocycles. The number of hydrogen-bond donors (Lipinski definition) is 0. The minimum Gasteiger partial charge on any atom is -0.462 e. The van der Waals surface area contributed by atoms with Gasteiger partial charge in [-0.25, -0.2) is 0 Å². The number of esters is 3. The van der Waals surface area contributed by atoms with E-state index in [2.05, 4.69) is 45.1 Å². The summed E-state index contributed by atoms with van der Waals surface area (Å²) in [5.41, 5.74) is 0. The molecular formula is C67H126O6. The van der Waals surface area contributed by atoms with Gasteiger partial charge in [0.2, 0.25) is 0 Å². The third-order valence-electron chi connectivity index (χ3n) is 15.0. The second-order valence-corrected chi connectivity index (χ2v) is 22.4. The van der Waals surface area contributed by atoms with Crippen molar-refractivity contribution in [2.75, 3.05) is 13.2 Å². The maximum absolute atomic E-state index is 12.9. The van der Waals surface area contributed by atoms with Crippen LogP contribution in [0.1, 0.15) is 367 Å². The molecular weight excluding hydrogens is 901 g/mol. The van der Waals surface area contributed by atoms with Gasteiger partial charge in [-0.1, -0.05) is 321 Å². The molecule has 0 aliphatic rings. The molecule has 1 unspecified atom stereocenters. The maximum atomic E-state index is 12.9. The van der Waals surface area contributed by atoms with E-state index in [0.29, 0.717) is 19.3 Å². The summed E-state index contributed by atoms with van der Waals surface area (Å²) in [5, 5.41) is 0. The van der Waals surface area contributed by atoms with Gasteiger partial charge in [-0.3, -0.25) is 14.4 Å². The van der Waals surface area contributed by atoms with Crippen LogP contribution in [-0.2, 0) is 28.6 Å². The van der Waals surface area contributed by atoms with Crippen molar-refractivity contribution in [3.63, 3.8) is 0 Å². The van der Waals surface area contributed by atoms with E-state index in [-0.39, 0.29) is 31.1 Å². The Morgan fingerprint density at radius 2 is 0.493 bits per heavy atom. The van der Waals surface area contributed by atoms with Crippen LogP contribution in [0.15, 0.2) is 24.3 Å². The zero-order valence-corrected chi connectivity index (χ0v) is 49.4. The summed E-state index contributed by atoms with van der Waals surface area (Å²) in [6, 6.07) is 0. The summed E-state index contributed by atoms with van der Waals surface area (Å²) in [6.45, 7) is 6.69. The summed E-state index contributed by atoms with van der Waals surface area (Å²) < 4.78 is 17.0. The molecule has 0 fully saturated rings. The Bertz CT molecular complexity index is 1180. The third kappa shape index (κ3) is 60.6. The molecule has 0 rings (SSSR count). The number of allylic oxidation sites excluding steroid dienone is 4. The van der Waals surface area contributed by atoms with Crippen molar-refractivity contribution in [3.8, 4) is 0 Å². The zero-order chi connectivity index (χ0) is 52.9. The minimum atomic E-state index is -0.772. The Kier molecular flexibility index (Phi) is 60.6. The van der Waals surface area contributed by atoms with Crippen molar-refractivity contribution < 1.29 is 28.6 Å². The first-order valence-electron chi connectivity index (χ1n) is 32.8. The van der Waals surface area contributed by atoms with Gasteiger partial charge in [-0.2, -0.15) is 0 Å². The van der Waals surface area contributed by atoms with Gasteiger partial charge >= 0.3 is 17.9 Å². The third-order valence-corrected chi connectivity index (χ3v) is 15.0. The molecule has 0 spiro atoms. The molecule has 0 saturated carbocycles. The monoisotopic (exact) mass is 1030 g/mol. The van der Waals surface area contributed by atoms with E-state index in [9.17, 15) is 14.4 Å². The van der Waals surface area contributed by atoms with Crippen molar-refractivity contribution in [1.29, 1.82) is 0 Å². The number of carbonyl (C=O) groups is 3. The summed E-state index contributed by atoms with van der Waals surface area (Å²) in [7, 11) is 0. The molecule has 73 heavy (non-hydrogen) atoms. The van der Waals surface area contributed by atoms with Crippen LogP contribution in [0.3, 0.4) is 0 Å². The molecule has 0 aliphatic carbocycles. The van der Waals surface area contributed by atoms with Gasteiger partial charge in [0.05, 0.1) is 0 Å². The molecule has 6 heteroatoms. The summed E-state index contributed by atoms with van der Waals surface area (Å²) in [6.07, 6.45) is 74.7. The van der Waals surface area contributed by atoms with Crippen molar-refractivity contribution in [3.05, 3.63) is 24.3 Å². The SMILES string of the molecule is CCCCCC/C=C\C/C=C\CCCCCCCCCC(=O)OC(COC(=O)CCCCCCCCCCCCCCCCCC)COC(=O)CCCCCCCCCCCCCCCCCCCCCCC. The summed E-state index contributed by atoms with van der Waals surface area (Å²) in [5.74, 6) is -0.846. The van der Waals surface area contributed by atoms with E-state index in [1.165, 1.54) is 257 Å². The normalized spacial score (nSPS) is 12.1. The number of rotatable bonds is 61. The average Bonchev–Trinajstić information content (AvgIpc) is 3.39. The van der Waals surface area contributed by atoms with Gasteiger partial charge in [0.25, 0.3) is 0 Å². The standard InChI is InChI=1S/C67H126O6/c1-4-7-10-13-16-19-22-25-28-31-33-34-35-37-39-42-45-48-51-54-57-60-66(69)72-63-64(62-71-65(68)59-56-53-50-47-44-41-38-30-27-24-21-18-15-12-9-6-3)73-67(70)61-58-55-52-49-46-43-40-36-32-29-26-23-20-17-14-11-8-5-2/h20,23,29,32,64H,4-19,21-22,24-28,30-31,33-63H2,1-3H3/b23-20-,32-29-. The first kappa shape index (κ1) is 70.9. The van der Waals surface area contributed by atoms with Gasteiger partial charge in [-0.15, -0.1) is 0 Å².